The summed E-state index contributed by atoms with van der Waals surface area (Å²) in [5, 5.41) is 4.88. The summed E-state index contributed by atoms with van der Waals surface area (Å²) in [5.74, 6) is 0.0397. The Morgan fingerprint density at radius 1 is 0.967 bits per heavy atom. The van der Waals surface area contributed by atoms with Crippen molar-refractivity contribution in [1.82, 2.24) is 9.71 Å². The van der Waals surface area contributed by atoms with Crippen LogP contribution in [0, 0.1) is 6.07 Å². The number of hydrogen-bond acceptors (Lipinski definition) is 5. The summed E-state index contributed by atoms with van der Waals surface area (Å²) in [6.07, 6.45) is 1.01. The van der Waals surface area contributed by atoms with Crippen LogP contribution in [0.2, 0.25) is 0 Å². The standard InChI is InChI=1S/C23H21N2O2S3/c26-30(27,15-13-18-8-3-1-4-9-18)25-20(16-19-10-5-2-6-11-19)21-17-29-23(24-21)22-12-7-14-28-22/h1,3-12,14,17,20,25H,13,15-16H2. The molecule has 1 N–H and O–H groups in total. The van der Waals surface area contributed by atoms with E-state index in [2.05, 4.69) is 10.8 Å². The van der Waals surface area contributed by atoms with Crippen molar-refractivity contribution >= 4 is 32.7 Å². The molecule has 4 rings (SSSR count). The van der Waals surface area contributed by atoms with E-state index in [-0.39, 0.29) is 5.75 Å². The molecule has 0 saturated carbocycles. The molecule has 4 aromatic rings. The van der Waals surface area contributed by atoms with Gasteiger partial charge in [-0.05, 0) is 41.5 Å². The molecule has 0 amide bonds. The van der Waals surface area contributed by atoms with E-state index < -0.39 is 16.1 Å². The Morgan fingerprint density at radius 2 is 1.77 bits per heavy atom. The van der Waals surface area contributed by atoms with Crippen LogP contribution < -0.4 is 4.72 Å². The van der Waals surface area contributed by atoms with Crippen molar-refractivity contribution in [2.75, 3.05) is 5.75 Å². The summed E-state index contributed by atoms with van der Waals surface area (Å²) in [6, 6.07) is 23.9. The highest BCUT2D eigenvalue weighted by atomic mass is 32.2. The van der Waals surface area contributed by atoms with E-state index in [0.717, 1.165) is 26.7 Å². The molecule has 2 heterocycles. The maximum absolute atomic E-state index is 12.9. The third-order valence-electron chi connectivity index (χ3n) is 4.66. The van der Waals surface area contributed by atoms with Gasteiger partial charge in [-0.25, -0.2) is 18.1 Å². The minimum Gasteiger partial charge on any atom is -0.239 e. The molecule has 0 saturated heterocycles. The van der Waals surface area contributed by atoms with Crippen molar-refractivity contribution in [1.29, 1.82) is 0 Å². The minimum atomic E-state index is -3.48. The monoisotopic (exact) mass is 453 g/mol. The van der Waals surface area contributed by atoms with Gasteiger partial charge in [-0.1, -0.05) is 60.7 Å². The van der Waals surface area contributed by atoms with Crippen LogP contribution in [0.1, 0.15) is 22.9 Å². The molecule has 1 radical (unpaired) electrons. The van der Waals surface area contributed by atoms with Crippen LogP contribution in [0.5, 0.6) is 0 Å². The third-order valence-corrected chi connectivity index (χ3v) is 7.95. The van der Waals surface area contributed by atoms with Gasteiger partial charge in [0.05, 0.1) is 22.4 Å². The van der Waals surface area contributed by atoms with Crippen molar-refractivity contribution in [2.24, 2.45) is 0 Å². The molecule has 1 atom stereocenters. The average molecular weight is 454 g/mol. The predicted octanol–water partition coefficient (Wildman–Crippen LogP) is 5.12. The molecular formula is C23H21N2O2S3. The van der Waals surface area contributed by atoms with Crippen molar-refractivity contribution in [2.45, 2.75) is 18.9 Å². The fraction of sp³-hybridized carbons (Fsp3) is 0.174. The van der Waals surface area contributed by atoms with Gasteiger partial charge in [0.25, 0.3) is 0 Å². The lowest BCUT2D eigenvalue weighted by Crippen LogP contribution is -2.32. The van der Waals surface area contributed by atoms with Crippen LogP contribution >= 0.6 is 22.7 Å². The van der Waals surface area contributed by atoms with Gasteiger partial charge in [0.2, 0.25) is 10.0 Å². The number of rotatable bonds is 9. The number of nitrogens with one attached hydrogen (secondary N) is 1. The Kier molecular flexibility index (Phi) is 6.74. The van der Waals surface area contributed by atoms with E-state index >= 15 is 0 Å². The quantitative estimate of drug-likeness (QED) is 0.383. The van der Waals surface area contributed by atoms with Crippen LogP contribution in [-0.2, 0) is 22.9 Å². The number of hydrogen-bond donors (Lipinski definition) is 1. The van der Waals surface area contributed by atoms with Gasteiger partial charge in [-0.3, -0.25) is 0 Å². The summed E-state index contributed by atoms with van der Waals surface area (Å²) < 4.78 is 28.6. The smallest absolute Gasteiger partial charge is 0.212 e. The first-order chi connectivity index (χ1) is 14.6. The van der Waals surface area contributed by atoms with E-state index in [1.165, 1.54) is 0 Å². The number of nitrogens with zero attached hydrogens (tertiary/aromatic N) is 1. The normalized spacial score (nSPS) is 12.7. The Balaban J connectivity index is 1.54. The Morgan fingerprint density at radius 3 is 2.50 bits per heavy atom. The van der Waals surface area contributed by atoms with Crippen LogP contribution in [0.4, 0.5) is 0 Å². The molecule has 2 aromatic heterocycles. The second-order valence-corrected chi connectivity index (χ2v) is 10.6. The first-order valence-electron chi connectivity index (χ1n) is 9.57. The van der Waals surface area contributed by atoms with Gasteiger partial charge < -0.3 is 0 Å². The molecule has 0 aliphatic heterocycles. The number of aromatic nitrogens is 1. The maximum atomic E-state index is 12.9. The third kappa shape index (κ3) is 5.64. The predicted molar refractivity (Wildman–Crippen MR) is 124 cm³/mol. The van der Waals surface area contributed by atoms with E-state index in [9.17, 15) is 8.42 Å². The van der Waals surface area contributed by atoms with Crippen LogP contribution in [0.25, 0.3) is 9.88 Å². The van der Waals surface area contributed by atoms with Crippen molar-refractivity contribution < 1.29 is 8.42 Å². The lowest BCUT2D eigenvalue weighted by Gasteiger charge is -2.17. The van der Waals surface area contributed by atoms with Crippen molar-refractivity contribution in [3.05, 3.63) is 100 Å². The van der Waals surface area contributed by atoms with Crippen molar-refractivity contribution in [3.63, 3.8) is 0 Å². The summed E-state index contributed by atoms with van der Waals surface area (Å²) in [7, 11) is -3.48. The number of benzene rings is 2. The molecule has 7 heteroatoms. The fourth-order valence-corrected chi connectivity index (χ4v) is 6.08. The number of thiophene rings is 1. The highest BCUT2D eigenvalue weighted by molar-refractivity contribution is 7.89. The molecule has 0 aliphatic carbocycles. The highest BCUT2D eigenvalue weighted by Crippen LogP contribution is 2.31. The average Bonchev–Trinajstić information content (AvgIpc) is 3.45. The number of thiazole rings is 1. The molecule has 30 heavy (non-hydrogen) atoms. The topological polar surface area (TPSA) is 59.1 Å². The first kappa shape index (κ1) is 20.9. The van der Waals surface area contributed by atoms with Gasteiger partial charge in [-0.2, -0.15) is 0 Å². The Labute approximate surface area is 185 Å². The molecule has 0 fully saturated rings. The van der Waals surface area contributed by atoms with Gasteiger partial charge in [-0.15, -0.1) is 22.7 Å². The summed E-state index contributed by atoms with van der Waals surface area (Å²) >= 11 is 3.17. The van der Waals surface area contributed by atoms with Crippen LogP contribution in [0.3, 0.4) is 0 Å². The molecule has 4 nitrogen and oxygen atoms in total. The minimum absolute atomic E-state index is 0.0397. The summed E-state index contributed by atoms with van der Waals surface area (Å²) in [6.45, 7) is 0. The molecule has 2 aromatic carbocycles. The maximum Gasteiger partial charge on any atom is 0.212 e. The van der Waals surface area contributed by atoms with Crippen LogP contribution in [0.15, 0.2) is 77.5 Å². The second-order valence-electron chi connectivity index (χ2n) is 6.89. The largest absolute Gasteiger partial charge is 0.239 e. The first-order valence-corrected chi connectivity index (χ1v) is 13.0. The zero-order chi connectivity index (χ0) is 20.8. The lowest BCUT2D eigenvalue weighted by molar-refractivity contribution is 0.550. The molecule has 0 spiro atoms. The molecular weight excluding hydrogens is 432 g/mol. The number of sulfonamides is 1. The van der Waals surface area contributed by atoms with Gasteiger partial charge in [0.1, 0.15) is 5.01 Å². The van der Waals surface area contributed by atoms with E-state index in [1.54, 1.807) is 22.7 Å². The SMILES string of the molecule is O=S(=O)(CCc1ccccc1)NC(Cc1cc[c]cc1)c1csc(-c2cccs2)n1. The molecule has 0 bridgehead atoms. The fourth-order valence-electron chi connectivity index (χ4n) is 3.13. The summed E-state index contributed by atoms with van der Waals surface area (Å²) in [5.41, 5.74) is 2.79. The lowest BCUT2D eigenvalue weighted by atomic mass is 10.1. The van der Waals surface area contributed by atoms with Gasteiger partial charge in [0, 0.05) is 5.38 Å². The zero-order valence-corrected chi connectivity index (χ0v) is 18.6. The highest BCUT2D eigenvalue weighted by Gasteiger charge is 2.23. The molecule has 1 unspecified atom stereocenters. The van der Waals surface area contributed by atoms with E-state index in [0.29, 0.717) is 12.8 Å². The van der Waals surface area contributed by atoms with Crippen molar-refractivity contribution in [3.8, 4) is 9.88 Å². The van der Waals surface area contributed by atoms with Gasteiger partial charge in [0.15, 0.2) is 0 Å². The Hall–Kier alpha value is -2.32. The second kappa shape index (κ2) is 9.66. The van der Waals surface area contributed by atoms with Gasteiger partial charge >= 0.3 is 0 Å². The Bertz CT molecular complexity index is 1160. The van der Waals surface area contributed by atoms with Crippen LogP contribution in [-0.4, -0.2) is 19.2 Å². The summed E-state index contributed by atoms with van der Waals surface area (Å²) in [4.78, 5) is 5.83. The van der Waals surface area contributed by atoms with E-state index in [4.69, 9.17) is 4.98 Å². The van der Waals surface area contributed by atoms with E-state index in [1.807, 2.05) is 77.5 Å². The molecule has 0 aliphatic rings. The zero-order valence-electron chi connectivity index (χ0n) is 16.2. The molecule has 153 valence electrons. The number of aryl methyl sites for hydroxylation is 1.